The number of hydrogen-bond acceptors (Lipinski definition) is 6. The van der Waals surface area contributed by atoms with Gasteiger partial charge in [-0.05, 0) is 19.1 Å². The number of Topliss-reactive ketones (excluding diaryl/α,β-unsaturated/α-hetero) is 1. The van der Waals surface area contributed by atoms with Crippen molar-refractivity contribution in [2.45, 2.75) is 19.8 Å². The lowest BCUT2D eigenvalue weighted by Crippen LogP contribution is -2.21. The second-order valence-electron chi connectivity index (χ2n) is 4.48. The maximum absolute atomic E-state index is 11.7. The van der Waals surface area contributed by atoms with Gasteiger partial charge in [0, 0.05) is 12.5 Å². The van der Waals surface area contributed by atoms with Crippen LogP contribution < -0.4 is 14.8 Å². The number of esters is 1. The monoisotopic (exact) mass is 309 g/mol. The van der Waals surface area contributed by atoms with Crippen LogP contribution in [0, 0.1) is 0 Å². The fraction of sp³-hybridized carbons (Fsp3) is 0.400. The van der Waals surface area contributed by atoms with Crippen LogP contribution in [0.3, 0.4) is 0 Å². The van der Waals surface area contributed by atoms with Crippen LogP contribution in [0.1, 0.15) is 19.8 Å². The highest BCUT2D eigenvalue weighted by molar-refractivity contribution is 5.94. The van der Waals surface area contributed by atoms with Crippen LogP contribution >= 0.6 is 0 Å². The SMILES string of the molecule is COc1ccc(NC(=O)COC(=O)CCC(C)=O)c(OC)c1. The molecule has 1 rings (SSSR count). The van der Waals surface area contributed by atoms with Crippen molar-refractivity contribution in [3.63, 3.8) is 0 Å². The van der Waals surface area contributed by atoms with Gasteiger partial charge in [-0.1, -0.05) is 0 Å². The Morgan fingerprint density at radius 1 is 1.09 bits per heavy atom. The second kappa shape index (κ2) is 8.66. The molecule has 0 aliphatic carbocycles. The number of methoxy groups -OCH3 is 2. The Balaban J connectivity index is 2.51. The molecule has 0 atom stereocenters. The van der Waals surface area contributed by atoms with Gasteiger partial charge in [-0.3, -0.25) is 9.59 Å². The number of carbonyl (C=O) groups is 3. The summed E-state index contributed by atoms with van der Waals surface area (Å²) in [5, 5.41) is 2.57. The number of ketones is 1. The first-order valence-electron chi connectivity index (χ1n) is 6.63. The normalized spacial score (nSPS) is 9.77. The van der Waals surface area contributed by atoms with E-state index in [1.807, 2.05) is 0 Å². The molecule has 0 saturated heterocycles. The topological polar surface area (TPSA) is 90.9 Å². The number of anilines is 1. The van der Waals surface area contributed by atoms with Gasteiger partial charge in [0.05, 0.1) is 26.3 Å². The molecule has 0 unspecified atom stereocenters. The third kappa shape index (κ3) is 5.82. The molecule has 1 N–H and O–H groups in total. The highest BCUT2D eigenvalue weighted by atomic mass is 16.5. The summed E-state index contributed by atoms with van der Waals surface area (Å²) in [7, 11) is 2.99. The molecule has 0 radical (unpaired) electrons. The van der Waals surface area contributed by atoms with Crippen LogP contribution in [0.4, 0.5) is 5.69 Å². The number of carbonyl (C=O) groups excluding carboxylic acids is 3. The minimum Gasteiger partial charge on any atom is -0.497 e. The van der Waals surface area contributed by atoms with E-state index < -0.39 is 18.5 Å². The zero-order valence-corrected chi connectivity index (χ0v) is 12.8. The van der Waals surface area contributed by atoms with Crippen molar-refractivity contribution in [1.82, 2.24) is 0 Å². The summed E-state index contributed by atoms with van der Waals surface area (Å²) in [6.45, 7) is 0.960. The molecule has 1 aromatic rings. The molecule has 0 aromatic heterocycles. The van der Waals surface area contributed by atoms with E-state index >= 15 is 0 Å². The first-order chi connectivity index (χ1) is 10.5. The molecule has 0 heterocycles. The molecule has 22 heavy (non-hydrogen) atoms. The number of amides is 1. The van der Waals surface area contributed by atoms with Crippen molar-refractivity contribution < 1.29 is 28.6 Å². The second-order valence-corrected chi connectivity index (χ2v) is 4.48. The van der Waals surface area contributed by atoms with Gasteiger partial charge in [-0.25, -0.2) is 0 Å². The third-order valence-electron chi connectivity index (χ3n) is 2.73. The molecular formula is C15H19NO6. The van der Waals surface area contributed by atoms with Crippen LogP contribution in [-0.2, 0) is 19.1 Å². The van der Waals surface area contributed by atoms with Crippen molar-refractivity contribution >= 4 is 23.3 Å². The molecule has 0 saturated carbocycles. The Bertz CT molecular complexity index is 555. The largest absolute Gasteiger partial charge is 0.497 e. The molecule has 1 amide bonds. The molecule has 7 nitrogen and oxygen atoms in total. The molecule has 0 fully saturated rings. The van der Waals surface area contributed by atoms with Crippen LogP contribution in [-0.4, -0.2) is 38.5 Å². The fourth-order valence-electron chi connectivity index (χ4n) is 1.58. The minimum absolute atomic E-state index is 0.0333. The van der Waals surface area contributed by atoms with Crippen LogP contribution in [0.5, 0.6) is 11.5 Å². The zero-order valence-electron chi connectivity index (χ0n) is 12.8. The van der Waals surface area contributed by atoms with E-state index in [9.17, 15) is 14.4 Å². The summed E-state index contributed by atoms with van der Waals surface area (Å²) in [6.07, 6.45) is 0.0707. The van der Waals surface area contributed by atoms with Gasteiger partial charge in [-0.15, -0.1) is 0 Å². The van der Waals surface area contributed by atoms with Gasteiger partial charge in [0.25, 0.3) is 5.91 Å². The summed E-state index contributed by atoms with van der Waals surface area (Å²) >= 11 is 0. The number of benzene rings is 1. The van der Waals surface area contributed by atoms with Crippen LogP contribution in [0.15, 0.2) is 18.2 Å². The van der Waals surface area contributed by atoms with E-state index in [-0.39, 0.29) is 18.6 Å². The Morgan fingerprint density at radius 2 is 1.82 bits per heavy atom. The minimum atomic E-state index is -0.591. The number of rotatable bonds is 8. The van der Waals surface area contributed by atoms with E-state index in [1.165, 1.54) is 21.1 Å². The Hall–Kier alpha value is -2.57. The number of nitrogens with one attached hydrogen (secondary N) is 1. The molecule has 7 heteroatoms. The number of ether oxygens (including phenoxy) is 3. The predicted octanol–water partition coefficient (Wildman–Crippen LogP) is 1.55. The van der Waals surface area contributed by atoms with Gasteiger partial charge in [-0.2, -0.15) is 0 Å². The summed E-state index contributed by atoms with van der Waals surface area (Å²) in [5.74, 6) is -0.183. The standard InChI is InChI=1S/C15H19NO6/c1-10(17)4-7-15(19)22-9-14(18)16-12-6-5-11(20-2)8-13(12)21-3/h5-6,8H,4,7,9H2,1-3H3,(H,16,18). The average Bonchev–Trinajstić information content (AvgIpc) is 2.51. The van der Waals surface area contributed by atoms with E-state index in [4.69, 9.17) is 14.2 Å². The van der Waals surface area contributed by atoms with Crippen molar-refractivity contribution in [3.05, 3.63) is 18.2 Å². The molecule has 0 spiro atoms. The highest BCUT2D eigenvalue weighted by Crippen LogP contribution is 2.28. The smallest absolute Gasteiger partial charge is 0.306 e. The Labute approximate surface area is 128 Å². The lowest BCUT2D eigenvalue weighted by atomic mass is 10.2. The molecule has 0 bridgehead atoms. The maximum Gasteiger partial charge on any atom is 0.306 e. The highest BCUT2D eigenvalue weighted by Gasteiger charge is 2.11. The Kier molecular flexibility index (Phi) is 6.88. The van der Waals surface area contributed by atoms with Crippen molar-refractivity contribution in [2.75, 3.05) is 26.1 Å². The Morgan fingerprint density at radius 3 is 2.41 bits per heavy atom. The average molecular weight is 309 g/mol. The van der Waals surface area contributed by atoms with Crippen LogP contribution in [0.25, 0.3) is 0 Å². The van der Waals surface area contributed by atoms with Crippen LogP contribution in [0.2, 0.25) is 0 Å². The zero-order chi connectivity index (χ0) is 16.5. The van der Waals surface area contributed by atoms with E-state index in [1.54, 1.807) is 18.2 Å². The first kappa shape index (κ1) is 17.5. The number of hydrogen-bond donors (Lipinski definition) is 1. The van der Waals surface area contributed by atoms with E-state index in [0.29, 0.717) is 17.2 Å². The van der Waals surface area contributed by atoms with Crippen molar-refractivity contribution in [2.24, 2.45) is 0 Å². The first-order valence-corrected chi connectivity index (χ1v) is 6.63. The summed E-state index contributed by atoms with van der Waals surface area (Å²) < 4.78 is 15.0. The quantitative estimate of drug-likeness (QED) is 0.733. The lowest BCUT2D eigenvalue weighted by Gasteiger charge is -2.11. The summed E-state index contributed by atoms with van der Waals surface area (Å²) in [4.78, 5) is 33.8. The fourth-order valence-corrected chi connectivity index (χ4v) is 1.58. The van der Waals surface area contributed by atoms with E-state index in [0.717, 1.165) is 0 Å². The van der Waals surface area contributed by atoms with E-state index in [2.05, 4.69) is 5.32 Å². The third-order valence-corrected chi connectivity index (χ3v) is 2.73. The van der Waals surface area contributed by atoms with Crippen molar-refractivity contribution in [1.29, 1.82) is 0 Å². The van der Waals surface area contributed by atoms with Gasteiger partial charge in [0.2, 0.25) is 0 Å². The molecule has 120 valence electrons. The molecular weight excluding hydrogens is 290 g/mol. The maximum atomic E-state index is 11.7. The molecule has 0 aliphatic heterocycles. The van der Waals surface area contributed by atoms with Gasteiger partial charge in [0.1, 0.15) is 17.3 Å². The van der Waals surface area contributed by atoms with Gasteiger partial charge >= 0.3 is 5.97 Å². The molecule has 1 aromatic carbocycles. The van der Waals surface area contributed by atoms with Gasteiger partial charge < -0.3 is 24.3 Å². The van der Waals surface area contributed by atoms with Gasteiger partial charge in [0.15, 0.2) is 6.61 Å². The molecule has 0 aliphatic rings. The lowest BCUT2D eigenvalue weighted by molar-refractivity contribution is -0.148. The summed E-state index contributed by atoms with van der Waals surface area (Å²) in [5.41, 5.74) is 0.438. The predicted molar refractivity (Wildman–Crippen MR) is 79.0 cm³/mol. The summed E-state index contributed by atoms with van der Waals surface area (Å²) in [6, 6.07) is 4.90. The van der Waals surface area contributed by atoms with Crippen molar-refractivity contribution in [3.8, 4) is 11.5 Å².